The molecule has 1 aliphatic rings. The number of nitrogens with two attached hydrogens (primary N) is 1. The number of unbranched alkanes of at least 4 members (excludes halogenated alkanes) is 1. The van der Waals surface area contributed by atoms with Gasteiger partial charge in [0.05, 0.1) is 16.1 Å². The maximum absolute atomic E-state index is 14.2. The highest BCUT2D eigenvalue weighted by molar-refractivity contribution is 7.90. The lowest BCUT2D eigenvalue weighted by molar-refractivity contribution is 0.0996. The van der Waals surface area contributed by atoms with Crippen LogP contribution in [0.15, 0.2) is 59.6 Å². The highest BCUT2D eigenvalue weighted by Crippen LogP contribution is 2.26. The minimum atomic E-state index is -3.29. The summed E-state index contributed by atoms with van der Waals surface area (Å²) in [6, 6.07) is 10.6. The van der Waals surface area contributed by atoms with Crippen molar-refractivity contribution in [1.82, 2.24) is 15.2 Å². The highest BCUT2D eigenvalue weighted by Gasteiger charge is 2.29. The fraction of sp³-hybridized carbons (Fsp3) is 0.367. The summed E-state index contributed by atoms with van der Waals surface area (Å²) in [6.07, 6.45) is 7.20. The van der Waals surface area contributed by atoms with Crippen molar-refractivity contribution in [3.05, 3.63) is 77.5 Å². The number of benzene rings is 2. The zero-order valence-electron chi connectivity index (χ0n) is 24.0. The van der Waals surface area contributed by atoms with E-state index >= 15 is 0 Å². The fourth-order valence-corrected chi connectivity index (χ4v) is 5.66. The van der Waals surface area contributed by atoms with Crippen molar-refractivity contribution in [3.8, 4) is 11.6 Å². The Morgan fingerprint density at radius 1 is 1.12 bits per heavy atom. The monoisotopic (exact) mass is 615 g/mol. The van der Waals surface area contributed by atoms with E-state index in [1.165, 1.54) is 12.1 Å². The topological polar surface area (TPSA) is 144 Å². The van der Waals surface area contributed by atoms with Gasteiger partial charge in [-0.25, -0.2) is 27.0 Å². The van der Waals surface area contributed by atoms with Gasteiger partial charge in [0.25, 0.3) is 5.91 Å². The quantitative estimate of drug-likeness (QED) is 0.275. The van der Waals surface area contributed by atoms with E-state index in [1.807, 2.05) is 6.07 Å². The van der Waals surface area contributed by atoms with Gasteiger partial charge in [0.2, 0.25) is 5.88 Å². The standard InChI is InChI=1S/C30H35F2N5O5S/c1-3-4-5-21-14-20(35-30(39)36-27-15-24(29(33)38)25(31)16-26(27)32)12-13-37(21)18-19-6-11-28(34-17-19)42-22-7-9-23(10-8-22)43(2,40)41/h6-11,15-17,20-21H,3-5,12-14,18H2,1-2H3,(H2,33,38)(H2,35,36,39). The summed E-state index contributed by atoms with van der Waals surface area (Å²) in [5, 5.41) is 5.24. The van der Waals surface area contributed by atoms with Crippen LogP contribution in [0.4, 0.5) is 19.3 Å². The molecule has 1 aliphatic heterocycles. The van der Waals surface area contributed by atoms with Crippen molar-refractivity contribution in [3.63, 3.8) is 0 Å². The Labute approximate surface area is 249 Å². The number of rotatable bonds is 11. The number of nitrogens with one attached hydrogen (secondary N) is 2. The summed E-state index contributed by atoms with van der Waals surface area (Å²) in [7, 11) is -3.29. The van der Waals surface area contributed by atoms with E-state index in [-0.39, 0.29) is 22.7 Å². The minimum Gasteiger partial charge on any atom is -0.439 e. The van der Waals surface area contributed by atoms with E-state index in [9.17, 15) is 26.8 Å². The van der Waals surface area contributed by atoms with Crippen LogP contribution in [0.5, 0.6) is 11.6 Å². The third kappa shape index (κ3) is 8.71. The van der Waals surface area contributed by atoms with Crippen molar-refractivity contribution < 1.29 is 31.5 Å². The molecule has 2 heterocycles. The second kappa shape index (κ2) is 13.9. The molecule has 0 radical (unpaired) electrons. The van der Waals surface area contributed by atoms with Crippen LogP contribution in [0.3, 0.4) is 0 Å². The first-order valence-corrected chi connectivity index (χ1v) is 15.9. The third-order valence-electron chi connectivity index (χ3n) is 7.29. The zero-order chi connectivity index (χ0) is 31.1. The zero-order valence-corrected chi connectivity index (χ0v) is 24.8. The largest absolute Gasteiger partial charge is 0.439 e. The molecule has 1 fully saturated rings. The van der Waals surface area contributed by atoms with Crippen LogP contribution in [0.1, 0.15) is 54.9 Å². The molecule has 0 bridgehead atoms. The minimum absolute atomic E-state index is 0.166. The Morgan fingerprint density at radius 2 is 1.86 bits per heavy atom. The van der Waals surface area contributed by atoms with Crippen LogP contribution in [0.2, 0.25) is 0 Å². The maximum atomic E-state index is 14.2. The summed E-state index contributed by atoms with van der Waals surface area (Å²) in [6.45, 7) is 3.48. The number of carbonyl (C=O) groups excluding carboxylic acids is 2. The molecule has 1 aromatic heterocycles. The molecule has 3 amide bonds. The molecule has 10 nitrogen and oxygen atoms in total. The Bertz CT molecular complexity index is 1550. The number of hydrogen-bond acceptors (Lipinski definition) is 7. The molecular weight excluding hydrogens is 580 g/mol. The van der Waals surface area contributed by atoms with Crippen molar-refractivity contribution in [1.29, 1.82) is 0 Å². The van der Waals surface area contributed by atoms with Gasteiger partial charge >= 0.3 is 6.03 Å². The number of primary amides is 1. The number of sulfone groups is 1. The van der Waals surface area contributed by atoms with Crippen LogP contribution in [-0.4, -0.2) is 55.1 Å². The number of anilines is 1. The van der Waals surface area contributed by atoms with Crippen LogP contribution in [0, 0.1) is 11.6 Å². The molecular formula is C30H35F2N5O5S. The van der Waals surface area contributed by atoms with Gasteiger partial charge in [-0.15, -0.1) is 0 Å². The molecule has 13 heteroatoms. The number of nitrogens with zero attached hydrogens (tertiary/aromatic N) is 2. The van der Waals surface area contributed by atoms with Crippen LogP contribution >= 0.6 is 0 Å². The van der Waals surface area contributed by atoms with Gasteiger partial charge in [0.1, 0.15) is 17.4 Å². The summed E-state index contributed by atoms with van der Waals surface area (Å²) < 4.78 is 57.1. The van der Waals surface area contributed by atoms with Gasteiger partial charge in [-0.3, -0.25) is 9.69 Å². The van der Waals surface area contributed by atoms with Gasteiger partial charge in [-0.1, -0.05) is 25.8 Å². The van der Waals surface area contributed by atoms with Crippen LogP contribution < -0.4 is 21.1 Å². The first-order chi connectivity index (χ1) is 20.4. The van der Waals surface area contributed by atoms with Gasteiger partial charge in [0, 0.05) is 49.8 Å². The van der Waals surface area contributed by atoms with Crippen molar-refractivity contribution in [2.24, 2.45) is 5.73 Å². The molecule has 43 heavy (non-hydrogen) atoms. The summed E-state index contributed by atoms with van der Waals surface area (Å²) >= 11 is 0. The number of aromatic nitrogens is 1. The van der Waals surface area contributed by atoms with E-state index in [1.54, 1.807) is 24.4 Å². The van der Waals surface area contributed by atoms with Gasteiger partial charge < -0.3 is 21.1 Å². The molecule has 0 aliphatic carbocycles. The Hall–Kier alpha value is -4.10. The average molecular weight is 616 g/mol. The van der Waals surface area contributed by atoms with E-state index in [0.717, 1.165) is 37.1 Å². The first kappa shape index (κ1) is 31.8. The Kier molecular flexibility index (Phi) is 10.3. The van der Waals surface area contributed by atoms with E-state index in [2.05, 4.69) is 27.4 Å². The number of likely N-dealkylation sites (tertiary alicyclic amines) is 1. The molecule has 230 valence electrons. The fourth-order valence-electron chi connectivity index (χ4n) is 5.03. The van der Waals surface area contributed by atoms with Crippen molar-refractivity contribution in [2.45, 2.75) is 62.6 Å². The predicted molar refractivity (Wildman–Crippen MR) is 158 cm³/mol. The SMILES string of the molecule is CCCCC1CC(NC(=O)Nc2cc(C(N)=O)c(F)cc2F)CCN1Cc1ccc(Oc2ccc(S(C)(=O)=O)cc2)nc1. The second-order valence-electron chi connectivity index (χ2n) is 10.6. The molecule has 0 spiro atoms. The number of urea groups is 1. The number of ether oxygens (including phenoxy) is 1. The van der Waals surface area contributed by atoms with E-state index < -0.39 is 39.0 Å². The van der Waals surface area contributed by atoms with Gasteiger partial charge in [0.15, 0.2) is 9.84 Å². The number of pyridine rings is 1. The lowest BCUT2D eigenvalue weighted by Gasteiger charge is -2.40. The summed E-state index contributed by atoms with van der Waals surface area (Å²) in [4.78, 5) is 31.0. The number of halogens is 2. The Balaban J connectivity index is 1.34. The van der Waals surface area contributed by atoms with E-state index in [0.29, 0.717) is 43.6 Å². The second-order valence-corrected chi connectivity index (χ2v) is 12.6. The molecule has 2 aromatic carbocycles. The van der Waals surface area contributed by atoms with E-state index in [4.69, 9.17) is 10.5 Å². The lowest BCUT2D eigenvalue weighted by Crippen LogP contribution is -2.50. The smallest absolute Gasteiger partial charge is 0.319 e. The number of carbonyl (C=O) groups is 2. The van der Waals surface area contributed by atoms with Crippen LogP contribution in [-0.2, 0) is 16.4 Å². The normalized spacial score (nSPS) is 17.3. The molecule has 1 saturated heterocycles. The third-order valence-corrected chi connectivity index (χ3v) is 8.42. The number of hydrogen-bond donors (Lipinski definition) is 3. The lowest BCUT2D eigenvalue weighted by atomic mass is 9.93. The Morgan fingerprint density at radius 3 is 2.49 bits per heavy atom. The number of amides is 3. The van der Waals surface area contributed by atoms with Crippen LogP contribution in [0.25, 0.3) is 0 Å². The maximum Gasteiger partial charge on any atom is 0.319 e. The molecule has 0 saturated carbocycles. The molecule has 2 unspecified atom stereocenters. The molecule has 3 aromatic rings. The highest BCUT2D eigenvalue weighted by atomic mass is 32.2. The first-order valence-electron chi connectivity index (χ1n) is 14.0. The molecule has 2 atom stereocenters. The summed E-state index contributed by atoms with van der Waals surface area (Å²) in [5.74, 6) is -2.32. The van der Waals surface area contributed by atoms with Crippen molar-refractivity contribution >= 4 is 27.5 Å². The predicted octanol–water partition coefficient (Wildman–Crippen LogP) is 5.00. The van der Waals surface area contributed by atoms with Gasteiger partial charge in [-0.2, -0.15) is 0 Å². The molecule has 4 N–H and O–H groups in total. The average Bonchev–Trinajstić information content (AvgIpc) is 2.95. The summed E-state index contributed by atoms with van der Waals surface area (Å²) in [5.41, 5.74) is 5.27. The number of piperidine rings is 1. The van der Waals surface area contributed by atoms with Gasteiger partial charge in [-0.05, 0) is 55.2 Å². The van der Waals surface area contributed by atoms with Crippen molar-refractivity contribution in [2.75, 3.05) is 18.1 Å². The molecule has 4 rings (SSSR count).